The highest BCUT2D eigenvalue weighted by Crippen LogP contribution is 2.23. The van der Waals surface area contributed by atoms with Gasteiger partial charge in [-0.05, 0) is 55.5 Å². The van der Waals surface area contributed by atoms with Crippen molar-refractivity contribution in [3.8, 4) is 11.4 Å². The molecule has 0 aliphatic rings. The minimum Gasteiger partial charge on any atom is -0.494 e. The Morgan fingerprint density at radius 2 is 1.82 bits per heavy atom. The van der Waals surface area contributed by atoms with Crippen LogP contribution in [0, 0.1) is 0 Å². The average Bonchev–Trinajstić information content (AvgIpc) is 3.54. The molecule has 0 fully saturated rings. The van der Waals surface area contributed by atoms with Crippen LogP contribution in [0.1, 0.15) is 23.3 Å². The van der Waals surface area contributed by atoms with Crippen molar-refractivity contribution >= 4 is 29.3 Å². The Balaban J connectivity index is 1.43. The maximum Gasteiger partial charge on any atom is 0.287 e. The van der Waals surface area contributed by atoms with Crippen LogP contribution in [0.4, 0.5) is 5.69 Å². The van der Waals surface area contributed by atoms with Crippen LogP contribution < -0.4 is 15.4 Å². The number of furan rings is 1. The predicted molar refractivity (Wildman–Crippen MR) is 128 cm³/mol. The highest BCUT2D eigenvalue weighted by Gasteiger charge is 2.17. The molecule has 34 heavy (non-hydrogen) atoms. The Morgan fingerprint density at radius 1 is 1.03 bits per heavy atom. The Morgan fingerprint density at radius 3 is 2.53 bits per heavy atom. The molecule has 2 amide bonds. The summed E-state index contributed by atoms with van der Waals surface area (Å²) in [5.41, 5.74) is 1.50. The number of nitrogens with one attached hydrogen (secondary N) is 2. The number of thioether (sulfide) groups is 1. The molecule has 0 radical (unpaired) electrons. The van der Waals surface area contributed by atoms with Crippen LogP contribution >= 0.6 is 11.8 Å². The van der Waals surface area contributed by atoms with E-state index in [0.717, 1.165) is 11.4 Å². The smallest absolute Gasteiger partial charge is 0.287 e. The van der Waals surface area contributed by atoms with Crippen molar-refractivity contribution < 1.29 is 18.7 Å². The van der Waals surface area contributed by atoms with E-state index >= 15 is 0 Å². The molecule has 10 heteroatoms. The zero-order valence-corrected chi connectivity index (χ0v) is 19.2. The molecule has 0 aliphatic heterocycles. The van der Waals surface area contributed by atoms with Crippen molar-refractivity contribution in [3.05, 3.63) is 84.6 Å². The molecule has 174 valence electrons. The van der Waals surface area contributed by atoms with Crippen molar-refractivity contribution in [2.45, 2.75) is 18.6 Å². The van der Waals surface area contributed by atoms with E-state index in [1.807, 2.05) is 54.0 Å². The molecular weight excluding hydrogens is 454 g/mol. The SMILES string of the molecule is CCOc1ccc(NC(=O)CSc2nnc(CNC(=O)c3ccco3)n2-c2ccccc2)cc1. The summed E-state index contributed by atoms with van der Waals surface area (Å²) in [6.45, 7) is 2.64. The van der Waals surface area contributed by atoms with Gasteiger partial charge < -0.3 is 19.8 Å². The van der Waals surface area contributed by atoms with Gasteiger partial charge in [-0.15, -0.1) is 10.2 Å². The van der Waals surface area contributed by atoms with Crippen LogP contribution in [0.2, 0.25) is 0 Å². The monoisotopic (exact) mass is 477 g/mol. The largest absolute Gasteiger partial charge is 0.494 e. The van der Waals surface area contributed by atoms with E-state index in [1.54, 1.807) is 24.3 Å². The number of hydrogen-bond acceptors (Lipinski definition) is 7. The van der Waals surface area contributed by atoms with Gasteiger partial charge in [-0.2, -0.15) is 0 Å². The zero-order valence-electron chi connectivity index (χ0n) is 18.4. The average molecular weight is 478 g/mol. The van der Waals surface area contributed by atoms with Gasteiger partial charge in [-0.25, -0.2) is 0 Å². The van der Waals surface area contributed by atoms with E-state index < -0.39 is 0 Å². The first-order valence-electron chi connectivity index (χ1n) is 10.6. The van der Waals surface area contributed by atoms with E-state index in [2.05, 4.69) is 20.8 Å². The first-order chi connectivity index (χ1) is 16.6. The second kappa shape index (κ2) is 11.2. The van der Waals surface area contributed by atoms with Crippen molar-refractivity contribution in [2.75, 3.05) is 17.7 Å². The third-order valence-electron chi connectivity index (χ3n) is 4.65. The number of nitrogens with zero attached hydrogens (tertiary/aromatic N) is 3. The number of rotatable bonds is 10. The molecule has 2 heterocycles. The summed E-state index contributed by atoms with van der Waals surface area (Å²) < 4.78 is 12.4. The summed E-state index contributed by atoms with van der Waals surface area (Å²) in [5, 5.41) is 14.7. The minimum absolute atomic E-state index is 0.136. The fourth-order valence-electron chi connectivity index (χ4n) is 3.13. The van der Waals surface area contributed by atoms with E-state index in [4.69, 9.17) is 9.15 Å². The number of ether oxygens (including phenoxy) is 1. The maximum absolute atomic E-state index is 12.5. The molecular formula is C24H23N5O4S. The van der Waals surface area contributed by atoms with Gasteiger partial charge in [0.15, 0.2) is 16.7 Å². The molecule has 9 nitrogen and oxygen atoms in total. The third kappa shape index (κ3) is 5.84. The second-order valence-corrected chi connectivity index (χ2v) is 7.97. The molecule has 0 aliphatic carbocycles. The molecule has 2 N–H and O–H groups in total. The fraction of sp³-hybridized carbons (Fsp3) is 0.167. The standard InChI is InChI=1S/C24H23N5O4S/c1-2-32-19-12-10-17(11-13-19)26-22(30)16-34-24-28-27-21(29(24)18-7-4-3-5-8-18)15-25-23(31)20-9-6-14-33-20/h3-14H,2,15-16H2,1H3,(H,25,31)(H,26,30). The van der Waals surface area contributed by atoms with E-state index in [9.17, 15) is 9.59 Å². The summed E-state index contributed by atoms with van der Waals surface area (Å²) in [7, 11) is 0. The normalized spacial score (nSPS) is 10.6. The van der Waals surface area contributed by atoms with Crippen LogP contribution in [0.15, 0.2) is 82.6 Å². The highest BCUT2D eigenvalue weighted by molar-refractivity contribution is 7.99. The number of anilines is 1. The zero-order chi connectivity index (χ0) is 23.8. The topological polar surface area (TPSA) is 111 Å². The predicted octanol–water partition coefficient (Wildman–Crippen LogP) is 3.92. The summed E-state index contributed by atoms with van der Waals surface area (Å²) in [6.07, 6.45) is 1.44. The van der Waals surface area contributed by atoms with Crippen LogP contribution in [-0.4, -0.2) is 38.9 Å². The minimum atomic E-state index is -0.350. The van der Waals surface area contributed by atoms with Gasteiger partial charge in [0.1, 0.15) is 5.75 Å². The number of hydrogen-bond donors (Lipinski definition) is 2. The van der Waals surface area contributed by atoms with Crippen LogP contribution in [0.3, 0.4) is 0 Å². The van der Waals surface area contributed by atoms with Crippen LogP contribution in [0.25, 0.3) is 5.69 Å². The van der Waals surface area contributed by atoms with Gasteiger partial charge in [-0.1, -0.05) is 30.0 Å². The highest BCUT2D eigenvalue weighted by atomic mass is 32.2. The molecule has 2 aromatic carbocycles. The Bertz CT molecular complexity index is 1220. The number of aromatic nitrogens is 3. The first kappa shape index (κ1) is 23.1. The number of amides is 2. The third-order valence-corrected chi connectivity index (χ3v) is 5.58. The lowest BCUT2D eigenvalue weighted by Crippen LogP contribution is -2.24. The summed E-state index contributed by atoms with van der Waals surface area (Å²) >= 11 is 1.25. The molecule has 0 saturated carbocycles. The molecule has 2 aromatic heterocycles. The molecule has 0 spiro atoms. The van der Waals surface area contributed by atoms with Crippen molar-refractivity contribution in [1.82, 2.24) is 20.1 Å². The van der Waals surface area contributed by atoms with Crippen molar-refractivity contribution in [2.24, 2.45) is 0 Å². The maximum atomic E-state index is 12.5. The Labute approximate surface area is 200 Å². The Kier molecular flexibility index (Phi) is 7.61. The molecule has 4 aromatic rings. The fourth-order valence-corrected chi connectivity index (χ4v) is 3.90. The molecule has 0 saturated heterocycles. The van der Waals surface area contributed by atoms with Gasteiger partial charge >= 0.3 is 0 Å². The summed E-state index contributed by atoms with van der Waals surface area (Å²) in [6, 6.07) is 19.9. The lowest BCUT2D eigenvalue weighted by atomic mass is 10.3. The molecule has 4 rings (SSSR count). The van der Waals surface area contributed by atoms with Crippen molar-refractivity contribution in [3.63, 3.8) is 0 Å². The molecule has 0 atom stereocenters. The van der Waals surface area contributed by atoms with Crippen molar-refractivity contribution in [1.29, 1.82) is 0 Å². The lowest BCUT2D eigenvalue weighted by molar-refractivity contribution is -0.113. The quantitative estimate of drug-likeness (QED) is 0.333. The van der Waals surface area contributed by atoms with Crippen LogP contribution in [0.5, 0.6) is 5.75 Å². The number of carbonyl (C=O) groups is 2. The van der Waals surface area contributed by atoms with Gasteiger partial charge in [0.2, 0.25) is 5.91 Å². The van der Waals surface area contributed by atoms with Gasteiger partial charge in [0.05, 0.1) is 25.2 Å². The van der Waals surface area contributed by atoms with Gasteiger partial charge in [0.25, 0.3) is 5.91 Å². The summed E-state index contributed by atoms with van der Waals surface area (Å²) in [4.78, 5) is 24.8. The van der Waals surface area contributed by atoms with Crippen LogP contribution in [-0.2, 0) is 11.3 Å². The molecule has 0 bridgehead atoms. The first-order valence-corrected chi connectivity index (χ1v) is 11.6. The van der Waals surface area contributed by atoms with Gasteiger partial charge in [-0.3, -0.25) is 14.2 Å². The second-order valence-electron chi connectivity index (χ2n) is 7.02. The number of benzene rings is 2. The van der Waals surface area contributed by atoms with E-state index in [1.165, 1.54) is 18.0 Å². The molecule has 0 unspecified atom stereocenters. The Hall–Kier alpha value is -4.05. The van der Waals surface area contributed by atoms with E-state index in [0.29, 0.717) is 23.3 Å². The van der Waals surface area contributed by atoms with E-state index in [-0.39, 0.29) is 29.9 Å². The number of carbonyl (C=O) groups excluding carboxylic acids is 2. The number of para-hydroxylation sites is 1. The summed E-state index contributed by atoms with van der Waals surface area (Å²) in [5.74, 6) is 1.10. The lowest BCUT2D eigenvalue weighted by Gasteiger charge is -2.11. The van der Waals surface area contributed by atoms with Gasteiger partial charge in [0, 0.05) is 11.4 Å².